The third-order valence-electron chi connectivity index (χ3n) is 1.04. The number of nitrogens with one attached hydrogen (secondary N) is 1. The minimum atomic E-state index is 0. The fourth-order valence-electron chi connectivity index (χ4n) is 0.570. The molecule has 0 fully saturated rings. The molecule has 0 unspecified atom stereocenters. The van der Waals surface area contributed by atoms with E-state index in [1.807, 2.05) is 18.4 Å². The van der Waals surface area contributed by atoms with E-state index < -0.39 is 0 Å². The van der Waals surface area contributed by atoms with Gasteiger partial charge >= 0.3 is 58.2 Å². The minimum absolute atomic E-state index is 0. The standard InChI is InChI=1S/C6H6NOS.Rb/c1-5-6(7-4-8)2-3-9-5;/h2-3H,1H3,(H,7,8);/q-1;+1. The number of amides is 1. The molecule has 1 heterocycles. The van der Waals surface area contributed by atoms with Crippen LogP contribution in [0.4, 0.5) is 5.69 Å². The summed E-state index contributed by atoms with van der Waals surface area (Å²) in [5.41, 5.74) is 0.856. The molecule has 2 nitrogen and oxygen atoms in total. The van der Waals surface area contributed by atoms with E-state index in [1.54, 1.807) is 17.7 Å². The number of anilines is 1. The smallest absolute Gasteiger partial charge is 0.489 e. The Labute approximate surface area is 113 Å². The van der Waals surface area contributed by atoms with Gasteiger partial charge in [-0.25, -0.2) is 0 Å². The van der Waals surface area contributed by atoms with E-state index in [0.29, 0.717) is 0 Å². The van der Waals surface area contributed by atoms with Gasteiger partial charge in [-0.05, 0) is 12.3 Å². The molecule has 0 aliphatic heterocycles. The van der Waals surface area contributed by atoms with Gasteiger partial charge in [-0.3, -0.25) is 0 Å². The van der Waals surface area contributed by atoms with E-state index in [1.165, 1.54) is 0 Å². The topological polar surface area (TPSA) is 29.1 Å². The maximum Gasteiger partial charge on any atom is 1.00 e. The summed E-state index contributed by atoms with van der Waals surface area (Å²) >= 11 is 1.60. The molecule has 0 radical (unpaired) electrons. The van der Waals surface area contributed by atoms with Crippen LogP contribution in [0.5, 0.6) is 0 Å². The maximum absolute atomic E-state index is 9.79. The fourth-order valence-corrected chi connectivity index (χ4v) is 1.22. The Kier molecular flexibility index (Phi) is 6.15. The van der Waals surface area contributed by atoms with Gasteiger partial charge in [-0.15, -0.1) is 6.07 Å². The van der Waals surface area contributed by atoms with Crippen molar-refractivity contribution in [3.05, 3.63) is 16.3 Å². The molecule has 0 saturated carbocycles. The van der Waals surface area contributed by atoms with Gasteiger partial charge in [0.25, 0.3) is 0 Å². The zero-order chi connectivity index (χ0) is 6.69. The predicted octanol–water partition coefficient (Wildman–Crippen LogP) is -1.46. The van der Waals surface area contributed by atoms with Gasteiger partial charge in [-0.2, -0.15) is 11.3 Å². The third-order valence-corrected chi connectivity index (χ3v) is 1.89. The number of carbonyl (C=O) groups excluding carboxylic acids is 1. The van der Waals surface area contributed by atoms with Crippen molar-refractivity contribution < 1.29 is 63.0 Å². The first-order valence-corrected chi connectivity index (χ1v) is 3.40. The van der Waals surface area contributed by atoms with E-state index in [2.05, 4.69) is 5.32 Å². The van der Waals surface area contributed by atoms with Crippen molar-refractivity contribution in [2.24, 2.45) is 0 Å². The summed E-state index contributed by atoms with van der Waals surface area (Å²) in [5, 5.41) is 4.39. The van der Waals surface area contributed by atoms with Gasteiger partial charge < -0.3 is 10.1 Å². The van der Waals surface area contributed by atoms with Crippen molar-refractivity contribution >= 4 is 23.4 Å². The second-order valence-electron chi connectivity index (χ2n) is 1.62. The number of aryl methyl sites for hydroxylation is 1. The Morgan fingerprint density at radius 3 is 2.80 bits per heavy atom. The average Bonchev–Trinajstić information content (AvgIpc) is 2.18. The van der Waals surface area contributed by atoms with Gasteiger partial charge in [0.05, 0.1) is 6.41 Å². The molecule has 0 bridgehead atoms. The molecule has 4 heteroatoms. The first kappa shape index (κ1) is 11.0. The molecule has 10 heavy (non-hydrogen) atoms. The second kappa shape index (κ2) is 5.60. The zero-order valence-corrected chi connectivity index (χ0v) is 11.7. The summed E-state index contributed by atoms with van der Waals surface area (Å²) in [6, 6.07) is 1.85. The van der Waals surface area contributed by atoms with Crippen molar-refractivity contribution in [1.82, 2.24) is 0 Å². The molecule has 0 saturated heterocycles. The number of hydrogen-bond acceptors (Lipinski definition) is 2. The van der Waals surface area contributed by atoms with Gasteiger partial charge in [0.1, 0.15) is 0 Å². The van der Waals surface area contributed by atoms with E-state index >= 15 is 0 Å². The summed E-state index contributed by atoms with van der Waals surface area (Å²) < 4.78 is 0. The molecule has 0 spiro atoms. The normalized spacial score (nSPS) is 8.10. The maximum atomic E-state index is 9.79. The summed E-state index contributed by atoms with van der Waals surface area (Å²) in [4.78, 5) is 10.9. The van der Waals surface area contributed by atoms with Crippen molar-refractivity contribution in [2.45, 2.75) is 6.92 Å². The van der Waals surface area contributed by atoms with Crippen LogP contribution in [0.25, 0.3) is 0 Å². The predicted molar refractivity (Wildman–Crippen MR) is 38.4 cm³/mol. The Morgan fingerprint density at radius 2 is 2.40 bits per heavy atom. The largest absolute Gasteiger partial charge is 1.00 e. The molecule has 1 aromatic heterocycles. The van der Waals surface area contributed by atoms with E-state index in [4.69, 9.17) is 0 Å². The molecule has 1 amide bonds. The molecule has 1 aromatic rings. The second-order valence-corrected chi connectivity index (χ2v) is 2.74. The van der Waals surface area contributed by atoms with Crippen LogP contribution in [0.2, 0.25) is 0 Å². The molecule has 0 aliphatic carbocycles. The van der Waals surface area contributed by atoms with Crippen molar-refractivity contribution in [2.75, 3.05) is 5.32 Å². The molecule has 0 atom stereocenters. The first-order valence-electron chi connectivity index (χ1n) is 2.52. The molecule has 1 rings (SSSR count). The SMILES string of the molecule is Cc1sccc1N[C-]=O.[Rb+]. The van der Waals surface area contributed by atoms with E-state index in [-0.39, 0.29) is 58.2 Å². The molecule has 0 aromatic carbocycles. The summed E-state index contributed by atoms with van der Waals surface area (Å²) in [7, 11) is 0. The Balaban J connectivity index is 0.000000810. The average molecular weight is 226 g/mol. The summed E-state index contributed by atoms with van der Waals surface area (Å²) in [5.74, 6) is 0. The van der Waals surface area contributed by atoms with Crippen LogP contribution in [0.15, 0.2) is 11.4 Å². The van der Waals surface area contributed by atoms with Gasteiger partial charge in [0.2, 0.25) is 0 Å². The van der Waals surface area contributed by atoms with Crippen LogP contribution in [0.1, 0.15) is 4.88 Å². The minimum Gasteiger partial charge on any atom is -0.489 e. The molecular weight excluding hydrogens is 220 g/mol. The van der Waals surface area contributed by atoms with Crippen LogP contribution in [-0.2, 0) is 4.79 Å². The zero-order valence-electron chi connectivity index (χ0n) is 5.97. The molecule has 1 N–H and O–H groups in total. The Hall–Kier alpha value is 0.975. The van der Waals surface area contributed by atoms with Gasteiger partial charge in [0, 0.05) is 0 Å². The van der Waals surface area contributed by atoms with Gasteiger partial charge in [0.15, 0.2) is 0 Å². The van der Waals surface area contributed by atoms with Crippen LogP contribution >= 0.6 is 11.3 Å². The molecule has 48 valence electrons. The molecule has 0 aliphatic rings. The van der Waals surface area contributed by atoms with Crippen molar-refractivity contribution in [3.63, 3.8) is 0 Å². The quantitative estimate of drug-likeness (QED) is 0.484. The van der Waals surface area contributed by atoms with Gasteiger partial charge in [-0.1, -0.05) is 10.6 Å². The van der Waals surface area contributed by atoms with Crippen LogP contribution in [-0.4, -0.2) is 6.41 Å². The van der Waals surface area contributed by atoms with E-state index in [9.17, 15) is 4.79 Å². The first-order chi connectivity index (χ1) is 4.34. The number of rotatable bonds is 2. The van der Waals surface area contributed by atoms with Crippen LogP contribution in [0, 0.1) is 6.92 Å². The number of hydrogen-bond donors (Lipinski definition) is 1. The number of thiophene rings is 1. The Morgan fingerprint density at radius 1 is 1.70 bits per heavy atom. The molecular formula is C6H6NORbS. The summed E-state index contributed by atoms with van der Waals surface area (Å²) in [6.07, 6.45) is 1.62. The van der Waals surface area contributed by atoms with Crippen molar-refractivity contribution in [3.8, 4) is 0 Å². The monoisotopic (exact) mass is 225 g/mol. The van der Waals surface area contributed by atoms with E-state index in [0.717, 1.165) is 10.6 Å². The summed E-state index contributed by atoms with van der Waals surface area (Å²) in [6.45, 7) is 1.95. The van der Waals surface area contributed by atoms with Crippen LogP contribution < -0.4 is 63.5 Å². The fraction of sp³-hybridized carbons (Fsp3) is 0.167. The van der Waals surface area contributed by atoms with Crippen LogP contribution in [0.3, 0.4) is 0 Å². The third kappa shape index (κ3) is 2.92. The van der Waals surface area contributed by atoms with Crippen molar-refractivity contribution in [1.29, 1.82) is 0 Å². The Bertz CT molecular complexity index is 211.